The topological polar surface area (TPSA) is 96.0 Å². The molecule has 0 aliphatic carbocycles. The number of hydrogen-bond donors (Lipinski definition) is 1. The van der Waals surface area contributed by atoms with Gasteiger partial charge in [0.2, 0.25) is 10.0 Å². The van der Waals surface area contributed by atoms with Crippen molar-refractivity contribution >= 4 is 21.9 Å². The molecule has 1 N–H and O–H groups in total. The average molecular weight is 450 g/mol. The van der Waals surface area contributed by atoms with E-state index in [-0.39, 0.29) is 22.1 Å². The average Bonchev–Trinajstić information content (AvgIpc) is 2.74. The van der Waals surface area contributed by atoms with Crippen LogP contribution in [0, 0.1) is 5.82 Å². The maximum absolute atomic E-state index is 13.1. The van der Waals surface area contributed by atoms with E-state index in [0.29, 0.717) is 39.3 Å². The van der Waals surface area contributed by atoms with E-state index in [2.05, 4.69) is 10.2 Å². The van der Waals surface area contributed by atoms with Gasteiger partial charge in [0.1, 0.15) is 11.6 Å². The number of carbonyl (C=O) groups excluding carboxylic acids is 2. The normalized spacial score (nSPS) is 15.4. The number of para-hydroxylation sites is 1. The smallest absolute Gasteiger partial charge is 0.308 e. The van der Waals surface area contributed by atoms with Gasteiger partial charge in [-0.3, -0.25) is 14.5 Å². The Bertz CT molecular complexity index is 1040. The number of nitrogens with zero attached hydrogens (tertiary/aromatic N) is 2. The largest absolute Gasteiger partial charge is 0.426 e. The van der Waals surface area contributed by atoms with Gasteiger partial charge in [-0.2, -0.15) is 4.31 Å². The zero-order valence-corrected chi connectivity index (χ0v) is 17.9. The van der Waals surface area contributed by atoms with Gasteiger partial charge >= 0.3 is 5.97 Å². The van der Waals surface area contributed by atoms with Crippen LogP contribution in [0.25, 0.3) is 0 Å². The van der Waals surface area contributed by atoms with Crippen molar-refractivity contribution in [3.8, 4) is 5.75 Å². The second-order valence-electron chi connectivity index (χ2n) is 7.05. The van der Waals surface area contributed by atoms with Crippen LogP contribution in [-0.4, -0.2) is 68.8 Å². The van der Waals surface area contributed by atoms with E-state index in [1.807, 2.05) is 0 Å². The molecule has 1 aliphatic rings. The van der Waals surface area contributed by atoms with Crippen molar-refractivity contribution in [1.29, 1.82) is 0 Å². The van der Waals surface area contributed by atoms with Gasteiger partial charge in [0, 0.05) is 46.2 Å². The second kappa shape index (κ2) is 9.99. The minimum Gasteiger partial charge on any atom is -0.426 e. The van der Waals surface area contributed by atoms with Crippen LogP contribution >= 0.6 is 0 Å². The maximum atomic E-state index is 13.1. The Morgan fingerprint density at radius 2 is 1.68 bits per heavy atom. The first-order chi connectivity index (χ1) is 14.8. The first-order valence-electron chi connectivity index (χ1n) is 9.81. The molecule has 0 atom stereocenters. The van der Waals surface area contributed by atoms with Crippen LogP contribution < -0.4 is 10.1 Å². The van der Waals surface area contributed by atoms with Gasteiger partial charge in [0.25, 0.3) is 5.91 Å². The van der Waals surface area contributed by atoms with E-state index in [4.69, 9.17) is 4.74 Å². The standard InChI is InChI=1S/C21H24FN3O5S/c1-16(26)30-20-5-3-2-4-19(20)21(27)23-10-11-24-12-14-25(15-13-24)31(28,29)18-8-6-17(22)7-9-18/h2-9H,10-15H2,1H3,(H,23,27). The highest BCUT2D eigenvalue weighted by molar-refractivity contribution is 7.89. The van der Waals surface area contributed by atoms with E-state index in [9.17, 15) is 22.4 Å². The number of carbonyl (C=O) groups is 2. The van der Waals surface area contributed by atoms with Crippen LogP contribution in [-0.2, 0) is 14.8 Å². The Labute approximate surface area is 180 Å². The molecule has 10 heteroatoms. The van der Waals surface area contributed by atoms with Gasteiger partial charge in [-0.1, -0.05) is 12.1 Å². The molecule has 2 aromatic rings. The van der Waals surface area contributed by atoms with E-state index >= 15 is 0 Å². The molecule has 0 bridgehead atoms. The monoisotopic (exact) mass is 449 g/mol. The number of ether oxygens (including phenoxy) is 1. The molecular formula is C21H24FN3O5S. The van der Waals surface area contributed by atoms with Gasteiger partial charge in [0.05, 0.1) is 10.5 Å². The molecule has 0 radical (unpaired) electrons. The number of piperazine rings is 1. The summed E-state index contributed by atoms with van der Waals surface area (Å²) in [6.07, 6.45) is 0. The molecule has 1 saturated heterocycles. The molecular weight excluding hydrogens is 425 g/mol. The quantitative estimate of drug-likeness (QED) is 0.508. The molecule has 166 valence electrons. The summed E-state index contributed by atoms with van der Waals surface area (Å²) in [7, 11) is -3.66. The Balaban J connectivity index is 1.48. The summed E-state index contributed by atoms with van der Waals surface area (Å²) < 4.78 is 44.8. The molecule has 0 unspecified atom stereocenters. The number of rotatable bonds is 7. The Hall–Kier alpha value is -2.82. The SMILES string of the molecule is CC(=O)Oc1ccccc1C(=O)NCCN1CCN(S(=O)(=O)c2ccc(F)cc2)CC1. The molecule has 3 rings (SSSR count). The first-order valence-corrected chi connectivity index (χ1v) is 11.2. The molecule has 0 spiro atoms. The van der Waals surface area contributed by atoms with E-state index in [1.165, 1.54) is 23.4 Å². The lowest BCUT2D eigenvalue weighted by Crippen LogP contribution is -2.50. The fourth-order valence-corrected chi connectivity index (χ4v) is 4.69. The number of sulfonamides is 1. The molecule has 1 heterocycles. The van der Waals surface area contributed by atoms with Crippen molar-refractivity contribution in [1.82, 2.24) is 14.5 Å². The van der Waals surface area contributed by atoms with Gasteiger partial charge in [0.15, 0.2) is 0 Å². The Kier molecular flexibility index (Phi) is 7.37. The summed E-state index contributed by atoms with van der Waals surface area (Å²) in [6.45, 7) is 3.82. The zero-order valence-electron chi connectivity index (χ0n) is 17.1. The van der Waals surface area contributed by atoms with Crippen LogP contribution in [0.1, 0.15) is 17.3 Å². The highest BCUT2D eigenvalue weighted by Gasteiger charge is 2.28. The minimum absolute atomic E-state index is 0.0704. The molecule has 8 nitrogen and oxygen atoms in total. The lowest BCUT2D eigenvalue weighted by atomic mass is 10.2. The van der Waals surface area contributed by atoms with Gasteiger partial charge in [-0.15, -0.1) is 0 Å². The third-order valence-electron chi connectivity index (χ3n) is 4.88. The fourth-order valence-electron chi connectivity index (χ4n) is 3.27. The van der Waals surface area contributed by atoms with Crippen LogP contribution in [0.2, 0.25) is 0 Å². The van der Waals surface area contributed by atoms with Gasteiger partial charge < -0.3 is 10.1 Å². The number of amides is 1. The first kappa shape index (κ1) is 22.9. The zero-order chi connectivity index (χ0) is 22.4. The van der Waals surface area contributed by atoms with Crippen molar-refractivity contribution in [2.75, 3.05) is 39.3 Å². The van der Waals surface area contributed by atoms with E-state index in [1.54, 1.807) is 24.3 Å². The third kappa shape index (κ3) is 5.87. The summed E-state index contributed by atoms with van der Waals surface area (Å²) in [5.74, 6) is -1.14. The summed E-state index contributed by atoms with van der Waals surface area (Å²) >= 11 is 0. The summed E-state index contributed by atoms with van der Waals surface area (Å²) in [5, 5.41) is 2.79. The second-order valence-corrected chi connectivity index (χ2v) is 8.98. The Morgan fingerprint density at radius 3 is 2.32 bits per heavy atom. The molecule has 1 aliphatic heterocycles. The van der Waals surface area contributed by atoms with Crippen LogP contribution in [0.5, 0.6) is 5.75 Å². The molecule has 0 aromatic heterocycles. The van der Waals surface area contributed by atoms with E-state index in [0.717, 1.165) is 12.1 Å². The van der Waals surface area contributed by atoms with Crippen molar-refractivity contribution in [2.24, 2.45) is 0 Å². The highest BCUT2D eigenvalue weighted by atomic mass is 32.2. The van der Waals surface area contributed by atoms with Gasteiger partial charge in [-0.25, -0.2) is 12.8 Å². The predicted octanol–water partition coefficient (Wildman–Crippen LogP) is 1.49. The molecule has 0 saturated carbocycles. The predicted molar refractivity (Wildman–Crippen MR) is 112 cm³/mol. The molecule has 2 aromatic carbocycles. The summed E-state index contributed by atoms with van der Waals surface area (Å²) in [5.41, 5.74) is 0.271. The lowest BCUT2D eigenvalue weighted by molar-refractivity contribution is -0.131. The fraction of sp³-hybridized carbons (Fsp3) is 0.333. The summed E-state index contributed by atoms with van der Waals surface area (Å²) in [6, 6.07) is 11.3. The Morgan fingerprint density at radius 1 is 1.03 bits per heavy atom. The maximum Gasteiger partial charge on any atom is 0.308 e. The van der Waals surface area contributed by atoms with Crippen LogP contribution in [0.4, 0.5) is 4.39 Å². The number of esters is 1. The highest BCUT2D eigenvalue weighted by Crippen LogP contribution is 2.19. The molecule has 1 fully saturated rings. The molecule has 31 heavy (non-hydrogen) atoms. The van der Waals surface area contributed by atoms with Crippen molar-refractivity contribution in [2.45, 2.75) is 11.8 Å². The number of hydrogen-bond acceptors (Lipinski definition) is 6. The van der Waals surface area contributed by atoms with Gasteiger partial charge in [-0.05, 0) is 36.4 Å². The summed E-state index contributed by atoms with van der Waals surface area (Å²) in [4.78, 5) is 25.7. The lowest BCUT2D eigenvalue weighted by Gasteiger charge is -2.33. The van der Waals surface area contributed by atoms with Crippen LogP contribution in [0.3, 0.4) is 0 Å². The number of benzene rings is 2. The third-order valence-corrected chi connectivity index (χ3v) is 6.79. The van der Waals surface area contributed by atoms with Crippen molar-refractivity contribution in [3.63, 3.8) is 0 Å². The number of nitrogens with one attached hydrogen (secondary N) is 1. The van der Waals surface area contributed by atoms with Crippen LogP contribution in [0.15, 0.2) is 53.4 Å². The minimum atomic E-state index is -3.66. The van der Waals surface area contributed by atoms with Crippen molar-refractivity contribution in [3.05, 3.63) is 59.9 Å². The van der Waals surface area contributed by atoms with E-state index < -0.39 is 21.8 Å². The number of halogens is 1. The molecule has 1 amide bonds. The van der Waals surface area contributed by atoms with Crippen molar-refractivity contribution < 1.29 is 27.1 Å².